The molecule has 1 amide bonds. The van der Waals surface area contributed by atoms with Gasteiger partial charge in [-0.3, -0.25) is 4.79 Å². The molecule has 8 heteroatoms. The Balaban J connectivity index is 1.71. The molecule has 0 radical (unpaired) electrons. The maximum Gasteiger partial charge on any atom is 0.635 e. The quantitative estimate of drug-likeness (QED) is 0.385. The Morgan fingerprint density at radius 3 is 2.57 bits per heavy atom. The van der Waals surface area contributed by atoms with Crippen molar-refractivity contribution in [3.8, 4) is 0 Å². The van der Waals surface area contributed by atoms with Crippen LogP contribution in [0.2, 0.25) is 0 Å². The zero-order chi connectivity index (χ0) is 19.9. The standard InChI is InChI=1S/C20H22BNO6/c1-26-12-15-7-3-2-6-14(15)10-19(23)22-20(28-21(24)25)11-16-13-27-18-9-5-4-8-17(16)18/h2-9,13,20,24-25H,10-12H2,1H3,(H,22,23)/t20-/m1/s1. The third kappa shape index (κ3) is 5.20. The molecule has 3 N–H and O–H groups in total. The molecule has 3 aromatic rings. The Morgan fingerprint density at radius 2 is 1.82 bits per heavy atom. The van der Waals surface area contributed by atoms with Crippen molar-refractivity contribution in [2.45, 2.75) is 25.7 Å². The zero-order valence-electron chi connectivity index (χ0n) is 15.5. The smallest absolute Gasteiger partial charge is 0.464 e. The van der Waals surface area contributed by atoms with E-state index in [-0.39, 0.29) is 18.7 Å². The van der Waals surface area contributed by atoms with Gasteiger partial charge in [-0.25, -0.2) is 0 Å². The molecule has 3 rings (SSSR count). The van der Waals surface area contributed by atoms with E-state index < -0.39 is 13.5 Å². The fourth-order valence-electron chi connectivity index (χ4n) is 3.10. The minimum Gasteiger partial charge on any atom is -0.464 e. The van der Waals surface area contributed by atoms with Gasteiger partial charge in [-0.1, -0.05) is 42.5 Å². The van der Waals surface area contributed by atoms with Crippen LogP contribution >= 0.6 is 0 Å². The fourth-order valence-corrected chi connectivity index (χ4v) is 3.10. The van der Waals surface area contributed by atoms with Crippen LogP contribution in [0.15, 0.2) is 59.2 Å². The lowest BCUT2D eigenvalue weighted by Gasteiger charge is -2.19. The minimum atomic E-state index is -2.01. The number of rotatable bonds is 9. The first-order valence-electron chi connectivity index (χ1n) is 8.88. The number of ether oxygens (including phenoxy) is 1. The lowest BCUT2D eigenvalue weighted by Crippen LogP contribution is -2.43. The van der Waals surface area contributed by atoms with Crippen LogP contribution in [-0.4, -0.2) is 36.6 Å². The van der Waals surface area contributed by atoms with Crippen molar-refractivity contribution >= 4 is 24.2 Å². The molecule has 2 aromatic carbocycles. The van der Waals surface area contributed by atoms with Gasteiger partial charge >= 0.3 is 7.32 Å². The van der Waals surface area contributed by atoms with Gasteiger partial charge in [-0.15, -0.1) is 0 Å². The van der Waals surface area contributed by atoms with Crippen molar-refractivity contribution < 1.29 is 28.7 Å². The number of nitrogens with one attached hydrogen (secondary N) is 1. The fraction of sp³-hybridized carbons (Fsp3) is 0.250. The summed E-state index contributed by atoms with van der Waals surface area (Å²) in [5.41, 5.74) is 3.25. The maximum atomic E-state index is 12.5. The molecule has 0 saturated heterocycles. The molecule has 0 aliphatic rings. The third-order valence-electron chi connectivity index (χ3n) is 4.34. The van der Waals surface area contributed by atoms with Crippen molar-refractivity contribution in [3.05, 3.63) is 71.5 Å². The van der Waals surface area contributed by atoms with E-state index in [1.165, 1.54) is 0 Å². The zero-order valence-corrected chi connectivity index (χ0v) is 15.5. The molecule has 0 unspecified atom stereocenters. The molecule has 1 aromatic heterocycles. The van der Waals surface area contributed by atoms with Gasteiger partial charge in [-0.2, -0.15) is 0 Å². The van der Waals surface area contributed by atoms with E-state index >= 15 is 0 Å². The monoisotopic (exact) mass is 383 g/mol. The first kappa shape index (κ1) is 20.1. The van der Waals surface area contributed by atoms with Gasteiger partial charge < -0.3 is 29.2 Å². The molecule has 28 heavy (non-hydrogen) atoms. The van der Waals surface area contributed by atoms with E-state index in [0.717, 1.165) is 22.1 Å². The molecule has 0 aliphatic heterocycles. The van der Waals surface area contributed by atoms with Crippen LogP contribution < -0.4 is 5.32 Å². The van der Waals surface area contributed by atoms with Crippen molar-refractivity contribution in [1.29, 1.82) is 0 Å². The summed E-state index contributed by atoms with van der Waals surface area (Å²) >= 11 is 0. The number of hydrogen-bond donors (Lipinski definition) is 3. The van der Waals surface area contributed by atoms with Gasteiger partial charge in [0.25, 0.3) is 0 Å². The summed E-state index contributed by atoms with van der Waals surface area (Å²) in [6.07, 6.45) is 0.987. The molecule has 0 spiro atoms. The molecule has 1 heterocycles. The predicted octanol–water partition coefficient (Wildman–Crippen LogP) is 1.79. The number of hydrogen-bond acceptors (Lipinski definition) is 6. The van der Waals surface area contributed by atoms with Crippen LogP contribution in [-0.2, 0) is 33.6 Å². The Bertz CT molecular complexity index is 926. The molecule has 0 aliphatic carbocycles. The molecule has 7 nitrogen and oxygen atoms in total. The van der Waals surface area contributed by atoms with Crippen molar-refractivity contribution in [1.82, 2.24) is 5.32 Å². The topological polar surface area (TPSA) is 101 Å². The Morgan fingerprint density at radius 1 is 1.11 bits per heavy atom. The molecule has 146 valence electrons. The number of furan rings is 1. The van der Waals surface area contributed by atoms with Crippen LogP contribution in [0.3, 0.4) is 0 Å². The third-order valence-corrected chi connectivity index (χ3v) is 4.34. The average molecular weight is 383 g/mol. The van der Waals surface area contributed by atoms with E-state index in [1.807, 2.05) is 48.5 Å². The second kappa shape index (κ2) is 9.52. The molecule has 0 bridgehead atoms. The summed E-state index contributed by atoms with van der Waals surface area (Å²) in [5.74, 6) is -0.304. The van der Waals surface area contributed by atoms with Gasteiger partial charge in [0, 0.05) is 24.5 Å². The Labute approximate surface area is 163 Å². The highest BCUT2D eigenvalue weighted by molar-refractivity contribution is 6.32. The normalized spacial score (nSPS) is 12.1. The predicted molar refractivity (Wildman–Crippen MR) is 104 cm³/mol. The summed E-state index contributed by atoms with van der Waals surface area (Å²) < 4.78 is 15.7. The van der Waals surface area contributed by atoms with Gasteiger partial charge in [0.05, 0.1) is 19.3 Å². The van der Waals surface area contributed by atoms with E-state index in [9.17, 15) is 14.8 Å². The van der Waals surface area contributed by atoms with Gasteiger partial charge in [0.1, 0.15) is 11.8 Å². The second-order valence-electron chi connectivity index (χ2n) is 6.36. The molecule has 0 saturated carbocycles. The number of carbonyl (C=O) groups excluding carboxylic acids is 1. The number of benzene rings is 2. The van der Waals surface area contributed by atoms with Crippen LogP contribution in [0.4, 0.5) is 0 Å². The van der Waals surface area contributed by atoms with Gasteiger partial charge in [-0.05, 0) is 17.2 Å². The maximum absolute atomic E-state index is 12.5. The first-order valence-corrected chi connectivity index (χ1v) is 8.88. The van der Waals surface area contributed by atoms with Crippen LogP contribution in [0.5, 0.6) is 0 Å². The number of para-hydroxylation sites is 1. The molecule has 1 atom stereocenters. The number of fused-ring (bicyclic) bond motifs is 1. The summed E-state index contributed by atoms with van der Waals surface area (Å²) in [7, 11) is -0.414. The molecule has 0 fully saturated rings. The average Bonchev–Trinajstić information content (AvgIpc) is 3.06. The lowest BCUT2D eigenvalue weighted by atomic mass is 10.0. The van der Waals surface area contributed by atoms with Crippen molar-refractivity contribution in [2.75, 3.05) is 7.11 Å². The highest BCUT2D eigenvalue weighted by Crippen LogP contribution is 2.22. The first-order chi connectivity index (χ1) is 13.6. The van der Waals surface area contributed by atoms with E-state index in [2.05, 4.69) is 5.32 Å². The highest BCUT2D eigenvalue weighted by atomic mass is 16.6. The highest BCUT2D eigenvalue weighted by Gasteiger charge is 2.22. The summed E-state index contributed by atoms with van der Waals surface area (Å²) in [4.78, 5) is 12.5. The summed E-state index contributed by atoms with van der Waals surface area (Å²) in [5, 5.41) is 22.0. The van der Waals surface area contributed by atoms with Crippen LogP contribution in [0.25, 0.3) is 11.0 Å². The lowest BCUT2D eigenvalue weighted by molar-refractivity contribution is -0.123. The largest absolute Gasteiger partial charge is 0.635 e. The minimum absolute atomic E-state index is 0.118. The van der Waals surface area contributed by atoms with Crippen LogP contribution in [0.1, 0.15) is 16.7 Å². The molecular formula is C20H22BNO6. The summed E-state index contributed by atoms with van der Waals surface area (Å²) in [6, 6.07) is 15.0. The van der Waals surface area contributed by atoms with Gasteiger partial charge in [0.15, 0.2) is 0 Å². The van der Waals surface area contributed by atoms with Gasteiger partial charge in [0.2, 0.25) is 5.91 Å². The van der Waals surface area contributed by atoms with Crippen molar-refractivity contribution in [2.24, 2.45) is 0 Å². The van der Waals surface area contributed by atoms with Crippen LogP contribution in [0, 0.1) is 0 Å². The number of amides is 1. The van der Waals surface area contributed by atoms with E-state index in [0.29, 0.717) is 12.2 Å². The number of methoxy groups -OCH3 is 1. The Hall–Kier alpha value is -2.65. The van der Waals surface area contributed by atoms with E-state index in [4.69, 9.17) is 13.8 Å². The Kier molecular flexibility index (Phi) is 6.83. The number of carbonyl (C=O) groups is 1. The SMILES string of the molecule is COCc1ccccc1CC(=O)N[C@@H](Cc1coc2ccccc12)OB(O)O. The van der Waals surface area contributed by atoms with Crippen molar-refractivity contribution in [3.63, 3.8) is 0 Å². The second-order valence-corrected chi connectivity index (χ2v) is 6.36. The summed E-state index contributed by atoms with van der Waals surface area (Å²) in [6.45, 7) is 0.403. The van der Waals surface area contributed by atoms with E-state index in [1.54, 1.807) is 13.4 Å². The molecular weight excluding hydrogens is 361 g/mol.